The highest BCUT2D eigenvalue weighted by Crippen LogP contribution is 2.36. The zero-order valence-corrected chi connectivity index (χ0v) is 9.23. The van der Waals surface area contributed by atoms with Gasteiger partial charge in [-0.1, -0.05) is 6.92 Å². The van der Waals surface area contributed by atoms with Crippen molar-refractivity contribution in [2.75, 3.05) is 20.7 Å². The molecule has 1 aliphatic carbocycles. The van der Waals surface area contributed by atoms with Gasteiger partial charge < -0.3 is 10.1 Å². The molecule has 0 aliphatic heterocycles. The SMILES string of the molecule is CNCCC1(OC)CCC(C)CC1. The van der Waals surface area contributed by atoms with Crippen molar-refractivity contribution >= 4 is 0 Å². The lowest BCUT2D eigenvalue weighted by Gasteiger charge is -2.38. The van der Waals surface area contributed by atoms with Crippen LogP contribution in [-0.4, -0.2) is 26.3 Å². The predicted octanol–water partition coefficient (Wildman–Crippen LogP) is 2.19. The number of hydrogen-bond acceptors (Lipinski definition) is 2. The van der Waals surface area contributed by atoms with E-state index in [1.54, 1.807) is 0 Å². The fourth-order valence-electron chi connectivity index (χ4n) is 2.20. The van der Waals surface area contributed by atoms with E-state index < -0.39 is 0 Å². The molecule has 0 saturated heterocycles. The molecule has 13 heavy (non-hydrogen) atoms. The molecule has 2 nitrogen and oxygen atoms in total. The number of rotatable bonds is 4. The zero-order chi connectivity index (χ0) is 9.73. The van der Waals surface area contributed by atoms with Crippen LogP contribution < -0.4 is 5.32 Å². The monoisotopic (exact) mass is 185 g/mol. The van der Waals surface area contributed by atoms with Gasteiger partial charge in [0.2, 0.25) is 0 Å². The summed E-state index contributed by atoms with van der Waals surface area (Å²) in [5.41, 5.74) is 0.190. The van der Waals surface area contributed by atoms with Gasteiger partial charge in [-0.15, -0.1) is 0 Å². The van der Waals surface area contributed by atoms with Crippen molar-refractivity contribution in [3.63, 3.8) is 0 Å². The summed E-state index contributed by atoms with van der Waals surface area (Å²) < 4.78 is 5.69. The summed E-state index contributed by atoms with van der Waals surface area (Å²) in [6.45, 7) is 3.42. The van der Waals surface area contributed by atoms with Gasteiger partial charge >= 0.3 is 0 Å². The van der Waals surface area contributed by atoms with Crippen LogP contribution in [0.15, 0.2) is 0 Å². The molecule has 1 N–H and O–H groups in total. The van der Waals surface area contributed by atoms with Gasteiger partial charge in [-0.05, 0) is 51.6 Å². The predicted molar refractivity (Wildman–Crippen MR) is 55.9 cm³/mol. The Hall–Kier alpha value is -0.0800. The molecule has 0 aromatic carbocycles. The Labute approximate surface area is 82.0 Å². The van der Waals surface area contributed by atoms with Gasteiger partial charge in [0.05, 0.1) is 5.60 Å². The maximum Gasteiger partial charge on any atom is 0.0691 e. The molecule has 0 aromatic heterocycles. The van der Waals surface area contributed by atoms with Crippen molar-refractivity contribution in [2.45, 2.75) is 44.6 Å². The highest BCUT2D eigenvalue weighted by atomic mass is 16.5. The molecule has 2 heteroatoms. The van der Waals surface area contributed by atoms with E-state index in [9.17, 15) is 0 Å². The highest BCUT2D eigenvalue weighted by molar-refractivity contribution is 4.86. The minimum Gasteiger partial charge on any atom is -0.378 e. The molecule has 0 radical (unpaired) electrons. The van der Waals surface area contributed by atoms with E-state index in [-0.39, 0.29) is 5.60 Å². The van der Waals surface area contributed by atoms with Gasteiger partial charge in [0.25, 0.3) is 0 Å². The maximum absolute atomic E-state index is 5.69. The van der Waals surface area contributed by atoms with Crippen LogP contribution in [0.5, 0.6) is 0 Å². The second kappa shape index (κ2) is 4.97. The van der Waals surface area contributed by atoms with E-state index >= 15 is 0 Å². The highest BCUT2D eigenvalue weighted by Gasteiger charge is 2.33. The van der Waals surface area contributed by atoms with Gasteiger partial charge in [0.1, 0.15) is 0 Å². The summed E-state index contributed by atoms with van der Waals surface area (Å²) in [6.07, 6.45) is 6.31. The largest absolute Gasteiger partial charge is 0.378 e. The van der Waals surface area contributed by atoms with Crippen LogP contribution in [0.3, 0.4) is 0 Å². The van der Waals surface area contributed by atoms with Crippen molar-refractivity contribution in [1.82, 2.24) is 5.32 Å². The molecule has 0 heterocycles. The van der Waals surface area contributed by atoms with Crippen molar-refractivity contribution in [1.29, 1.82) is 0 Å². The Balaban J connectivity index is 2.40. The van der Waals surface area contributed by atoms with E-state index in [1.807, 2.05) is 14.2 Å². The third-order valence-electron chi connectivity index (χ3n) is 3.45. The van der Waals surface area contributed by atoms with Gasteiger partial charge in [0, 0.05) is 7.11 Å². The summed E-state index contributed by atoms with van der Waals surface area (Å²) in [5.74, 6) is 0.901. The Kier molecular flexibility index (Phi) is 4.20. The van der Waals surface area contributed by atoms with E-state index in [0.29, 0.717) is 0 Å². The molecule has 0 unspecified atom stereocenters. The Morgan fingerprint density at radius 1 is 1.38 bits per heavy atom. The van der Waals surface area contributed by atoms with Gasteiger partial charge in [0.15, 0.2) is 0 Å². The molecule has 1 saturated carbocycles. The zero-order valence-electron chi connectivity index (χ0n) is 9.23. The standard InChI is InChI=1S/C11H23NO/c1-10-4-6-11(13-3,7-5-10)8-9-12-2/h10,12H,4-9H2,1-3H3. The molecule has 1 fully saturated rings. The Bertz CT molecular complexity index is 134. The first-order chi connectivity index (χ1) is 6.22. The van der Waals surface area contributed by atoms with Crippen LogP contribution in [0.4, 0.5) is 0 Å². The molecular weight excluding hydrogens is 162 g/mol. The summed E-state index contributed by atoms with van der Waals surface area (Å²) in [7, 11) is 3.88. The molecule has 0 amide bonds. The summed E-state index contributed by atoms with van der Waals surface area (Å²) in [5, 5.41) is 3.21. The van der Waals surface area contributed by atoms with Crippen LogP contribution in [-0.2, 0) is 4.74 Å². The van der Waals surface area contributed by atoms with Crippen LogP contribution in [0.25, 0.3) is 0 Å². The summed E-state index contributed by atoms with van der Waals surface area (Å²) >= 11 is 0. The van der Waals surface area contributed by atoms with Crippen LogP contribution >= 0.6 is 0 Å². The maximum atomic E-state index is 5.69. The smallest absolute Gasteiger partial charge is 0.0691 e. The Morgan fingerprint density at radius 2 is 2.00 bits per heavy atom. The molecule has 0 bridgehead atoms. The molecule has 1 aliphatic rings. The van der Waals surface area contributed by atoms with Gasteiger partial charge in [-0.2, -0.15) is 0 Å². The number of hydrogen-bond donors (Lipinski definition) is 1. The first-order valence-electron chi connectivity index (χ1n) is 5.42. The second-order valence-electron chi connectivity index (χ2n) is 4.42. The lowest BCUT2D eigenvalue weighted by Crippen LogP contribution is -2.38. The van der Waals surface area contributed by atoms with E-state index in [0.717, 1.165) is 18.9 Å². The minimum absolute atomic E-state index is 0.190. The van der Waals surface area contributed by atoms with Crippen LogP contribution in [0.2, 0.25) is 0 Å². The van der Waals surface area contributed by atoms with Crippen LogP contribution in [0.1, 0.15) is 39.0 Å². The van der Waals surface area contributed by atoms with Gasteiger partial charge in [-0.25, -0.2) is 0 Å². The van der Waals surface area contributed by atoms with Crippen molar-refractivity contribution in [3.05, 3.63) is 0 Å². The number of nitrogens with one attached hydrogen (secondary N) is 1. The van der Waals surface area contributed by atoms with E-state index in [1.165, 1.54) is 25.7 Å². The second-order valence-corrected chi connectivity index (χ2v) is 4.42. The van der Waals surface area contributed by atoms with Crippen molar-refractivity contribution < 1.29 is 4.74 Å². The van der Waals surface area contributed by atoms with E-state index in [2.05, 4.69) is 12.2 Å². The quantitative estimate of drug-likeness (QED) is 0.725. The minimum atomic E-state index is 0.190. The van der Waals surface area contributed by atoms with Crippen molar-refractivity contribution in [3.8, 4) is 0 Å². The average molecular weight is 185 g/mol. The summed E-state index contributed by atoms with van der Waals surface area (Å²) in [6, 6.07) is 0. The lowest BCUT2D eigenvalue weighted by molar-refractivity contribution is -0.0527. The first kappa shape index (κ1) is 11.0. The third kappa shape index (κ3) is 2.96. The van der Waals surface area contributed by atoms with E-state index in [4.69, 9.17) is 4.74 Å². The third-order valence-corrected chi connectivity index (χ3v) is 3.45. The molecule has 0 spiro atoms. The van der Waals surface area contributed by atoms with Crippen LogP contribution in [0, 0.1) is 5.92 Å². The fraction of sp³-hybridized carbons (Fsp3) is 1.00. The summed E-state index contributed by atoms with van der Waals surface area (Å²) in [4.78, 5) is 0. The normalized spacial score (nSPS) is 34.8. The van der Waals surface area contributed by atoms with Crippen molar-refractivity contribution in [2.24, 2.45) is 5.92 Å². The molecule has 0 aromatic rings. The topological polar surface area (TPSA) is 21.3 Å². The lowest BCUT2D eigenvalue weighted by atomic mass is 9.77. The number of methoxy groups -OCH3 is 1. The first-order valence-corrected chi connectivity index (χ1v) is 5.42. The molecule has 0 atom stereocenters. The fourth-order valence-corrected chi connectivity index (χ4v) is 2.20. The molecule has 78 valence electrons. The van der Waals surface area contributed by atoms with Gasteiger partial charge in [-0.3, -0.25) is 0 Å². The molecule has 1 rings (SSSR count). The number of ether oxygens (including phenoxy) is 1. The average Bonchev–Trinajstić information content (AvgIpc) is 2.18. The Morgan fingerprint density at radius 3 is 2.46 bits per heavy atom. The molecular formula is C11H23NO.